The van der Waals surface area contributed by atoms with E-state index in [9.17, 15) is 44.1 Å². The van der Waals surface area contributed by atoms with Gasteiger partial charge < -0.3 is 64.2 Å². The number of aliphatic carboxylic acids is 1. The number of carboxylic acid groups (broad SMARTS) is 1. The van der Waals surface area contributed by atoms with Gasteiger partial charge in [0.2, 0.25) is 29.5 Å². The highest BCUT2D eigenvalue weighted by Crippen LogP contribution is 2.12. The van der Waals surface area contributed by atoms with Crippen molar-refractivity contribution in [3.8, 4) is 5.75 Å². The Hall–Kier alpha value is -4.66. The molecular weight excluding hydrogens is 666 g/mol. The van der Waals surface area contributed by atoms with Crippen LogP contribution in [0.25, 0.3) is 0 Å². The molecule has 0 aromatic heterocycles. The molecule has 0 radical (unpaired) electrons. The van der Waals surface area contributed by atoms with Crippen molar-refractivity contribution in [2.24, 2.45) is 22.2 Å². The van der Waals surface area contributed by atoms with Crippen molar-refractivity contribution < 1.29 is 49.2 Å². The van der Waals surface area contributed by atoms with E-state index in [0.29, 0.717) is 11.3 Å². The van der Waals surface area contributed by atoms with E-state index < -0.39 is 85.0 Å². The number of nitrogens with zero attached hydrogens (tertiary/aromatic N) is 1. The van der Waals surface area contributed by atoms with Crippen LogP contribution in [0.4, 0.5) is 0 Å². The first kappa shape index (κ1) is 42.4. The molecule has 19 nitrogen and oxygen atoms in total. The highest BCUT2D eigenvalue weighted by molar-refractivity contribution is 7.98. The third kappa shape index (κ3) is 15.9. The van der Waals surface area contributed by atoms with Crippen LogP contribution in [0, 0.1) is 0 Å². The van der Waals surface area contributed by atoms with Crippen molar-refractivity contribution in [3.63, 3.8) is 0 Å². The quantitative estimate of drug-likeness (QED) is 0.0307. The fraction of sp³-hybridized carbons (Fsp3) is 0.552. The average molecular weight is 714 g/mol. The van der Waals surface area contributed by atoms with Crippen LogP contribution < -0.4 is 43.8 Å². The third-order valence-electron chi connectivity index (χ3n) is 6.91. The molecule has 5 amide bonds. The van der Waals surface area contributed by atoms with Gasteiger partial charge in [-0.2, -0.15) is 11.8 Å². The number of aliphatic imine (C=N–C) groups is 1. The highest BCUT2D eigenvalue weighted by atomic mass is 32.2. The van der Waals surface area contributed by atoms with Crippen LogP contribution in [0.2, 0.25) is 0 Å². The number of thioether (sulfide) groups is 1. The van der Waals surface area contributed by atoms with Crippen LogP contribution in [0.3, 0.4) is 0 Å². The molecule has 274 valence electrons. The van der Waals surface area contributed by atoms with E-state index in [2.05, 4.69) is 31.6 Å². The summed E-state index contributed by atoms with van der Waals surface area (Å²) in [7, 11) is 0. The molecule has 0 heterocycles. The monoisotopic (exact) mass is 713 g/mol. The standard InChI is InChI=1S/C29H47N9O10S/c1-15(23(42)35-20(9-11-49-2)26(45)38-22(14-40)28(47)48)34-27(46)21(12-16-5-7-17(41)8-6-16)37-25(44)19(4-3-10-33-29(31)32)36-24(43)18(30)13-39/h5-8,15,18-22,39-41H,3-4,9-14,30H2,1-2H3,(H,34,46)(H,35,42)(H,36,43)(H,37,44)(H,38,45)(H,47,48)(H4,31,32,33)/t15-,18-,19-,20-,21-,22-/m0/s1. The summed E-state index contributed by atoms with van der Waals surface area (Å²) in [6.07, 6.45) is 1.99. The van der Waals surface area contributed by atoms with Gasteiger partial charge in [-0.3, -0.25) is 29.0 Å². The summed E-state index contributed by atoms with van der Waals surface area (Å²) >= 11 is 1.37. The molecule has 0 aliphatic carbocycles. The first-order valence-electron chi connectivity index (χ1n) is 15.2. The molecule has 6 atom stereocenters. The van der Waals surface area contributed by atoms with Crippen molar-refractivity contribution in [2.45, 2.75) is 68.9 Å². The maximum atomic E-state index is 13.5. The van der Waals surface area contributed by atoms with E-state index in [1.807, 2.05) is 0 Å². The molecule has 0 aliphatic rings. The van der Waals surface area contributed by atoms with E-state index in [4.69, 9.17) is 22.3 Å². The van der Waals surface area contributed by atoms with Gasteiger partial charge in [-0.1, -0.05) is 12.1 Å². The molecule has 20 heteroatoms. The average Bonchev–Trinajstić information content (AvgIpc) is 3.06. The largest absolute Gasteiger partial charge is 0.508 e. The lowest BCUT2D eigenvalue weighted by molar-refractivity contribution is -0.143. The Morgan fingerprint density at radius 1 is 0.776 bits per heavy atom. The van der Waals surface area contributed by atoms with Gasteiger partial charge in [0.25, 0.3) is 0 Å². The van der Waals surface area contributed by atoms with Gasteiger partial charge in [-0.05, 0) is 55.9 Å². The minimum absolute atomic E-state index is 0.0113. The minimum atomic E-state index is -1.60. The molecule has 0 bridgehead atoms. The minimum Gasteiger partial charge on any atom is -0.508 e. The number of nitrogens with two attached hydrogens (primary N) is 3. The number of aliphatic hydroxyl groups is 2. The second-order valence-electron chi connectivity index (χ2n) is 10.9. The Morgan fingerprint density at radius 3 is 1.84 bits per heavy atom. The van der Waals surface area contributed by atoms with Crippen molar-refractivity contribution in [1.29, 1.82) is 0 Å². The number of benzene rings is 1. The Labute approximate surface area is 287 Å². The van der Waals surface area contributed by atoms with Gasteiger partial charge in [0.15, 0.2) is 5.96 Å². The van der Waals surface area contributed by atoms with Gasteiger partial charge >= 0.3 is 5.97 Å². The molecule has 0 saturated carbocycles. The summed E-state index contributed by atoms with van der Waals surface area (Å²) < 4.78 is 0. The molecule has 0 unspecified atom stereocenters. The lowest BCUT2D eigenvalue weighted by Crippen LogP contribution is -2.59. The molecule has 1 rings (SSSR count). The van der Waals surface area contributed by atoms with Crippen molar-refractivity contribution in [2.75, 3.05) is 31.8 Å². The highest BCUT2D eigenvalue weighted by Gasteiger charge is 2.31. The molecule has 0 fully saturated rings. The molecule has 0 saturated heterocycles. The zero-order valence-corrected chi connectivity index (χ0v) is 28.1. The van der Waals surface area contributed by atoms with Crippen LogP contribution >= 0.6 is 11.8 Å². The van der Waals surface area contributed by atoms with Crippen LogP contribution in [-0.4, -0.2) is 130 Å². The molecule has 1 aromatic carbocycles. The molecule has 0 spiro atoms. The van der Waals surface area contributed by atoms with Gasteiger partial charge in [-0.25, -0.2) is 4.79 Å². The number of amides is 5. The van der Waals surface area contributed by atoms with E-state index in [0.717, 1.165) is 0 Å². The number of hydrogen-bond donors (Lipinski definition) is 12. The summed E-state index contributed by atoms with van der Waals surface area (Å²) in [4.78, 5) is 80.4. The molecule has 0 aliphatic heterocycles. The fourth-order valence-electron chi connectivity index (χ4n) is 4.12. The number of phenolic OH excluding ortho intramolecular Hbond substituents is 1. The van der Waals surface area contributed by atoms with E-state index in [-0.39, 0.29) is 43.9 Å². The Morgan fingerprint density at radius 2 is 1.31 bits per heavy atom. The lowest BCUT2D eigenvalue weighted by atomic mass is 10.0. The number of rotatable bonds is 22. The number of aromatic hydroxyl groups is 1. The van der Waals surface area contributed by atoms with Gasteiger partial charge in [0.05, 0.1) is 13.2 Å². The Balaban J connectivity index is 3.21. The summed E-state index contributed by atoms with van der Waals surface area (Å²) in [6, 6.07) is -2.18. The molecule has 15 N–H and O–H groups in total. The predicted molar refractivity (Wildman–Crippen MR) is 180 cm³/mol. The summed E-state index contributed by atoms with van der Waals surface area (Å²) in [5.41, 5.74) is 16.8. The zero-order valence-electron chi connectivity index (χ0n) is 27.3. The van der Waals surface area contributed by atoms with E-state index in [1.54, 1.807) is 6.26 Å². The van der Waals surface area contributed by atoms with Gasteiger partial charge in [0, 0.05) is 13.0 Å². The van der Waals surface area contributed by atoms with Crippen molar-refractivity contribution in [3.05, 3.63) is 29.8 Å². The summed E-state index contributed by atoms with van der Waals surface area (Å²) in [5, 5.41) is 49.5. The second-order valence-corrected chi connectivity index (χ2v) is 11.9. The lowest BCUT2D eigenvalue weighted by Gasteiger charge is -2.26. The van der Waals surface area contributed by atoms with Crippen LogP contribution in [0.5, 0.6) is 5.75 Å². The van der Waals surface area contributed by atoms with Gasteiger partial charge in [-0.15, -0.1) is 0 Å². The number of carbonyl (C=O) groups is 6. The number of carbonyl (C=O) groups excluding carboxylic acids is 5. The van der Waals surface area contributed by atoms with Crippen molar-refractivity contribution >= 4 is 53.2 Å². The third-order valence-corrected chi connectivity index (χ3v) is 7.56. The maximum absolute atomic E-state index is 13.5. The first-order chi connectivity index (χ1) is 23.1. The van der Waals surface area contributed by atoms with E-state index >= 15 is 0 Å². The normalized spacial score (nSPS) is 14.5. The Bertz CT molecular complexity index is 1300. The molecular formula is C29H47N9O10S. The zero-order chi connectivity index (χ0) is 37.1. The number of phenols is 1. The SMILES string of the molecule is CSCC[C@H](NC(=O)[C@H](C)NC(=O)[C@H](Cc1ccc(O)cc1)NC(=O)[C@H](CCCN=C(N)N)NC(=O)[C@@H](N)CO)C(=O)N[C@@H](CO)C(=O)O. The second kappa shape index (κ2) is 22.1. The predicted octanol–water partition coefficient (Wildman–Crippen LogP) is -4.42. The smallest absolute Gasteiger partial charge is 0.328 e. The number of nitrogens with one attached hydrogen (secondary N) is 5. The summed E-state index contributed by atoms with van der Waals surface area (Å²) in [5.74, 6) is -5.40. The number of guanidine groups is 1. The van der Waals surface area contributed by atoms with Gasteiger partial charge in [0.1, 0.15) is 42.0 Å². The van der Waals surface area contributed by atoms with Crippen LogP contribution in [-0.2, 0) is 35.2 Å². The molecule has 1 aromatic rings. The first-order valence-corrected chi connectivity index (χ1v) is 16.6. The molecule has 49 heavy (non-hydrogen) atoms. The topological polar surface area (TPSA) is 334 Å². The van der Waals surface area contributed by atoms with Crippen LogP contribution in [0.15, 0.2) is 29.3 Å². The summed E-state index contributed by atoms with van der Waals surface area (Å²) in [6.45, 7) is -0.126. The van der Waals surface area contributed by atoms with Crippen molar-refractivity contribution in [1.82, 2.24) is 26.6 Å². The number of aliphatic hydroxyl groups excluding tert-OH is 2. The maximum Gasteiger partial charge on any atom is 0.328 e. The van der Waals surface area contributed by atoms with E-state index in [1.165, 1.54) is 43.0 Å². The number of hydrogen-bond acceptors (Lipinski definition) is 12. The fourth-order valence-corrected chi connectivity index (χ4v) is 4.59. The number of carboxylic acids is 1. The van der Waals surface area contributed by atoms with Crippen LogP contribution in [0.1, 0.15) is 31.7 Å². The Kier molecular flexibility index (Phi) is 19.1.